The maximum atomic E-state index is 9.04. The maximum absolute atomic E-state index is 9.04. The molecule has 5 nitrogen and oxygen atoms in total. The second-order valence-electron chi connectivity index (χ2n) is 2.67. The second-order valence-corrected chi connectivity index (χ2v) is 2.67. The van der Waals surface area contributed by atoms with Crippen molar-refractivity contribution in [1.82, 2.24) is 20.2 Å². The molecule has 1 heterocycles. The fraction of sp³-hybridized carbons (Fsp3) is 0.125. The van der Waals surface area contributed by atoms with E-state index in [9.17, 15) is 0 Å². The van der Waals surface area contributed by atoms with Crippen LogP contribution in [0, 0.1) is 0 Å². The Hall–Kier alpha value is -1.91. The fourth-order valence-electron chi connectivity index (χ4n) is 1.04. The van der Waals surface area contributed by atoms with Crippen molar-refractivity contribution in [3.8, 4) is 5.75 Å². The van der Waals surface area contributed by atoms with Gasteiger partial charge in [-0.15, -0.1) is 5.10 Å². The lowest BCUT2D eigenvalue weighted by Crippen LogP contribution is -1.99. The fourth-order valence-corrected chi connectivity index (χ4v) is 1.04. The van der Waals surface area contributed by atoms with E-state index in [0.717, 1.165) is 5.56 Å². The molecule has 0 saturated carbocycles. The van der Waals surface area contributed by atoms with Crippen LogP contribution in [0.5, 0.6) is 5.75 Å². The number of phenols is 1. The molecule has 0 radical (unpaired) electrons. The zero-order chi connectivity index (χ0) is 9.10. The molecule has 13 heavy (non-hydrogen) atoms. The van der Waals surface area contributed by atoms with Gasteiger partial charge in [0, 0.05) is 0 Å². The Bertz CT molecular complexity index is 368. The number of phenolic OH excluding ortho intramolecular Hbond substituents is 1. The van der Waals surface area contributed by atoms with Crippen molar-refractivity contribution in [2.24, 2.45) is 0 Å². The third-order valence-corrected chi connectivity index (χ3v) is 1.67. The van der Waals surface area contributed by atoms with Gasteiger partial charge in [-0.1, -0.05) is 12.1 Å². The molecule has 0 atom stereocenters. The van der Waals surface area contributed by atoms with Crippen LogP contribution in [-0.2, 0) is 6.54 Å². The number of aromatic hydroxyl groups is 1. The highest BCUT2D eigenvalue weighted by molar-refractivity contribution is 5.25. The number of tetrazole rings is 1. The van der Waals surface area contributed by atoms with Gasteiger partial charge < -0.3 is 5.11 Å². The van der Waals surface area contributed by atoms with E-state index in [1.807, 2.05) is 12.1 Å². The van der Waals surface area contributed by atoms with Gasteiger partial charge in [-0.3, -0.25) is 0 Å². The second kappa shape index (κ2) is 3.22. The Morgan fingerprint density at radius 2 is 2.00 bits per heavy atom. The van der Waals surface area contributed by atoms with Crippen LogP contribution >= 0.6 is 0 Å². The lowest BCUT2D eigenvalue weighted by atomic mass is 10.2. The first kappa shape index (κ1) is 7.72. The van der Waals surface area contributed by atoms with Crippen LogP contribution in [0.1, 0.15) is 5.56 Å². The van der Waals surface area contributed by atoms with Gasteiger partial charge in [-0.25, -0.2) is 4.68 Å². The van der Waals surface area contributed by atoms with Crippen molar-refractivity contribution in [3.05, 3.63) is 36.2 Å². The van der Waals surface area contributed by atoms with Crippen LogP contribution in [0.25, 0.3) is 0 Å². The minimum absolute atomic E-state index is 0.264. The molecular formula is C8H8N4O. The van der Waals surface area contributed by atoms with Gasteiger partial charge in [-0.05, 0) is 28.1 Å². The molecule has 0 bridgehead atoms. The summed E-state index contributed by atoms with van der Waals surface area (Å²) in [5, 5.41) is 19.8. The highest BCUT2D eigenvalue weighted by Crippen LogP contribution is 2.09. The monoisotopic (exact) mass is 176 g/mol. The number of benzene rings is 1. The van der Waals surface area contributed by atoms with Crippen molar-refractivity contribution in [1.29, 1.82) is 0 Å². The smallest absolute Gasteiger partial charge is 0.138 e. The summed E-state index contributed by atoms with van der Waals surface area (Å²) in [6, 6.07) is 6.94. The molecule has 0 aliphatic carbocycles. The average molecular weight is 176 g/mol. The van der Waals surface area contributed by atoms with Gasteiger partial charge in [0.05, 0.1) is 6.54 Å². The van der Waals surface area contributed by atoms with Gasteiger partial charge >= 0.3 is 0 Å². The highest BCUT2D eigenvalue weighted by atomic mass is 16.3. The molecule has 2 rings (SSSR count). The molecule has 0 spiro atoms. The molecule has 0 unspecified atom stereocenters. The van der Waals surface area contributed by atoms with E-state index >= 15 is 0 Å². The summed E-state index contributed by atoms with van der Waals surface area (Å²) in [6.07, 6.45) is 1.55. The summed E-state index contributed by atoms with van der Waals surface area (Å²) < 4.78 is 1.62. The topological polar surface area (TPSA) is 63.8 Å². The molecular weight excluding hydrogens is 168 g/mol. The van der Waals surface area contributed by atoms with Gasteiger partial charge in [0.25, 0.3) is 0 Å². The molecule has 0 amide bonds. The van der Waals surface area contributed by atoms with E-state index in [1.165, 1.54) is 0 Å². The van der Waals surface area contributed by atoms with Crippen molar-refractivity contribution in [2.45, 2.75) is 6.54 Å². The predicted molar refractivity (Wildman–Crippen MR) is 45.0 cm³/mol. The summed E-state index contributed by atoms with van der Waals surface area (Å²) >= 11 is 0. The minimum atomic E-state index is 0.264. The summed E-state index contributed by atoms with van der Waals surface area (Å²) in [4.78, 5) is 0. The number of hydrogen-bond acceptors (Lipinski definition) is 4. The Kier molecular flexibility index (Phi) is 1.91. The quantitative estimate of drug-likeness (QED) is 0.720. The van der Waals surface area contributed by atoms with Crippen LogP contribution < -0.4 is 0 Å². The first-order valence-electron chi connectivity index (χ1n) is 3.83. The molecule has 0 aliphatic rings. The van der Waals surface area contributed by atoms with Crippen molar-refractivity contribution in [2.75, 3.05) is 0 Å². The van der Waals surface area contributed by atoms with E-state index in [2.05, 4.69) is 15.5 Å². The summed E-state index contributed by atoms with van der Waals surface area (Å²) in [5.74, 6) is 0.264. The first-order valence-corrected chi connectivity index (χ1v) is 3.83. The highest BCUT2D eigenvalue weighted by Gasteiger charge is 1.95. The van der Waals surface area contributed by atoms with Crippen LogP contribution in [0.15, 0.2) is 30.6 Å². The number of aromatic nitrogens is 4. The maximum Gasteiger partial charge on any atom is 0.138 e. The van der Waals surface area contributed by atoms with Gasteiger partial charge in [0.15, 0.2) is 0 Å². The molecule has 66 valence electrons. The van der Waals surface area contributed by atoms with Gasteiger partial charge in [0.1, 0.15) is 12.1 Å². The minimum Gasteiger partial charge on any atom is -0.508 e. The van der Waals surface area contributed by atoms with E-state index in [-0.39, 0.29) is 5.75 Å². The van der Waals surface area contributed by atoms with Crippen molar-refractivity contribution in [3.63, 3.8) is 0 Å². The molecule has 0 saturated heterocycles. The molecule has 0 aliphatic heterocycles. The van der Waals surface area contributed by atoms with Crippen LogP contribution in [0.2, 0.25) is 0 Å². The SMILES string of the molecule is Oc1ccc(Cn2cnnn2)cc1. The van der Waals surface area contributed by atoms with E-state index < -0.39 is 0 Å². The molecule has 0 fully saturated rings. The standard InChI is InChI=1S/C8H8N4O/c13-8-3-1-7(2-4-8)5-12-6-9-10-11-12/h1-4,6,13H,5H2. The predicted octanol–water partition coefficient (Wildman–Crippen LogP) is 0.427. The van der Waals surface area contributed by atoms with Crippen molar-refractivity contribution < 1.29 is 5.11 Å². The summed E-state index contributed by atoms with van der Waals surface area (Å²) in [6.45, 7) is 0.618. The molecule has 1 aromatic heterocycles. The third kappa shape index (κ3) is 1.81. The number of hydrogen-bond donors (Lipinski definition) is 1. The van der Waals surface area contributed by atoms with Gasteiger partial charge in [-0.2, -0.15) is 0 Å². The number of rotatable bonds is 2. The third-order valence-electron chi connectivity index (χ3n) is 1.67. The Balaban J connectivity index is 2.15. The lowest BCUT2D eigenvalue weighted by molar-refractivity contribution is 0.475. The van der Waals surface area contributed by atoms with Crippen molar-refractivity contribution >= 4 is 0 Å². The van der Waals surface area contributed by atoms with E-state index in [0.29, 0.717) is 6.54 Å². The Morgan fingerprint density at radius 1 is 1.23 bits per heavy atom. The Morgan fingerprint density at radius 3 is 2.62 bits per heavy atom. The lowest BCUT2D eigenvalue weighted by Gasteiger charge is -1.99. The summed E-state index contributed by atoms with van der Waals surface area (Å²) in [7, 11) is 0. The molecule has 5 heteroatoms. The normalized spacial score (nSPS) is 10.2. The molecule has 1 aromatic carbocycles. The van der Waals surface area contributed by atoms with Gasteiger partial charge in [0.2, 0.25) is 0 Å². The van der Waals surface area contributed by atoms with E-state index in [1.54, 1.807) is 23.1 Å². The molecule has 2 aromatic rings. The first-order chi connectivity index (χ1) is 6.34. The largest absolute Gasteiger partial charge is 0.508 e. The number of nitrogens with zero attached hydrogens (tertiary/aromatic N) is 4. The van der Waals surface area contributed by atoms with Crippen LogP contribution in [-0.4, -0.2) is 25.3 Å². The zero-order valence-electron chi connectivity index (χ0n) is 6.83. The van der Waals surface area contributed by atoms with Crippen LogP contribution in [0.4, 0.5) is 0 Å². The summed E-state index contributed by atoms with van der Waals surface area (Å²) in [5.41, 5.74) is 1.05. The Labute approximate surface area is 74.6 Å². The van der Waals surface area contributed by atoms with Crippen LogP contribution in [0.3, 0.4) is 0 Å². The van der Waals surface area contributed by atoms with E-state index in [4.69, 9.17) is 5.11 Å². The zero-order valence-corrected chi connectivity index (χ0v) is 6.83. The molecule has 1 N–H and O–H groups in total. The average Bonchev–Trinajstić information content (AvgIpc) is 2.62.